The number of ether oxygens (including phenoxy) is 3. The first kappa shape index (κ1) is 36.5. The maximum absolute atomic E-state index is 16.3. The maximum Gasteiger partial charge on any atom is 0.318 e. The number of carbonyl (C=O) groups is 1. The van der Waals surface area contributed by atoms with E-state index in [0.29, 0.717) is 81.8 Å². The van der Waals surface area contributed by atoms with Crippen LogP contribution in [0.25, 0.3) is 32.9 Å². The van der Waals surface area contributed by atoms with Crippen molar-refractivity contribution in [3.05, 3.63) is 66.1 Å². The van der Waals surface area contributed by atoms with Gasteiger partial charge >= 0.3 is 6.01 Å². The van der Waals surface area contributed by atoms with Gasteiger partial charge in [0.1, 0.15) is 28.7 Å². The smallest absolute Gasteiger partial charge is 0.318 e. The van der Waals surface area contributed by atoms with Crippen LogP contribution >= 0.6 is 0 Å². The van der Waals surface area contributed by atoms with Gasteiger partial charge in [0.05, 0.1) is 38.9 Å². The first-order valence-corrected chi connectivity index (χ1v) is 18.5. The number of anilines is 1. The quantitative estimate of drug-likeness (QED) is 0.203. The van der Waals surface area contributed by atoms with E-state index in [1.54, 1.807) is 18.2 Å². The highest BCUT2D eigenvalue weighted by molar-refractivity contribution is 5.99. The van der Waals surface area contributed by atoms with Crippen LogP contribution in [0.4, 0.5) is 23.4 Å². The first-order chi connectivity index (χ1) is 26.2. The van der Waals surface area contributed by atoms with Crippen LogP contribution in [0.3, 0.4) is 0 Å². The molecule has 4 aromatic rings. The second-order valence-corrected chi connectivity index (χ2v) is 14.5. The predicted octanol–water partition coefficient (Wildman–Crippen LogP) is 4.77. The number of halogens is 4. The average Bonchev–Trinajstić information content (AvgIpc) is 3.77. The Morgan fingerprint density at radius 3 is 2.61 bits per heavy atom. The van der Waals surface area contributed by atoms with E-state index in [1.165, 1.54) is 38.3 Å². The van der Waals surface area contributed by atoms with Gasteiger partial charge < -0.3 is 24.0 Å². The van der Waals surface area contributed by atoms with Gasteiger partial charge in [-0.2, -0.15) is 9.97 Å². The van der Waals surface area contributed by atoms with Crippen molar-refractivity contribution in [2.45, 2.75) is 37.0 Å². The van der Waals surface area contributed by atoms with E-state index in [0.717, 1.165) is 32.1 Å². The van der Waals surface area contributed by atoms with E-state index in [-0.39, 0.29) is 34.1 Å². The summed E-state index contributed by atoms with van der Waals surface area (Å²) in [5.41, 5.74) is -0.728. The number of piperazine rings is 1. The molecule has 1 spiro atoms. The Bertz CT molecular complexity index is 2050. The summed E-state index contributed by atoms with van der Waals surface area (Å²) in [7, 11) is 1.38. The van der Waals surface area contributed by atoms with Crippen LogP contribution in [0, 0.1) is 17.5 Å². The normalized spacial score (nSPS) is 22.8. The second kappa shape index (κ2) is 15.4. The van der Waals surface area contributed by atoms with Gasteiger partial charge in [-0.25, -0.2) is 17.6 Å². The topological polar surface area (TPSA) is 96.4 Å². The summed E-state index contributed by atoms with van der Waals surface area (Å²) in [4.78, 5) is 34.9. The Morgan fingerprint density at radius 2 is 1.85 bits per heavy atom. The van der Waals surface area contributed by atoms with Crippen LogP contribution in [0.15, 0.2) is 48.7 Å². The summed E-state index contributed by atoms with van der Waals surface area (Å²) in [6, 6.07) is 7.76. The molecular weight excluding hydrogens is 706 g/mol. The Hall–Kier alpha value is -4.44. The molecule has 54 heavy (non-hydrogen) atoms. The number of aromatic nitrogens is 3. The molecule has 286 valence electrons. The van der Waals surface area contributed by atoms with E-state index >= 15 is 4.39 Å². The minimum absolute atomic E-state index is 0.0628. The van der Waals surface area contributed by atoms with Crippen LogP contribution in [-0.2, 0) is 14.3 Å². The summed E-state index contributed by atoms with van der Waals surface area (Å²) in [5, 5.41) is 0.658. The fourth-order valence-electron chi connectivity index (χ4n) is 8.34. The lowest BCUT2D eigenvalue weighted by Crippen LogP contribution is -2.72. The summed E-state index contributed by atoms with van der Waals surface area (Å²) in [5.74, 6) is -2.63. The molecule has 11 nitrogen and oxygen atoms in total. The Labute approximate surface area is 310 Å². The largest absolute Gasteiger partial charge is 0.467 e. The van der Waals surface area contributed by atoms with Gasteiger partial charge in [-0.05, 0) is 37.3 Å². The molecule has 15 heteroatoms. The molecule has 1 amide bonds. The van der Waals surface area contributed by atoms with Crippen molar-refractivity contribution < 1.29 is 36.6 Å². The maximum atomic E-state index is 16.3. The third-order valence-corrected chi connectivity index (χ3v) is 11.2. The molecule has 7 heterocycles. The molecule has 5 saturated heterocycles. The van der Waals surface area contributed by atoms with Gasteiger partial charge in [-0.3, -0.25) is 19.6 Å². The van der Waals surface area contributed by atoms with Gasteiger partial charge in [0.15, 0.2) is 17.5 Å². The number of hydrogen-bond acceptors (Lipinski definition) is 10. The summed E-state index contributed by atoms with van der Waals surface area (Å²) >= 11 is 0. The van der Waals surface area contributed by atoms with Crippen molar-refractivity contribution in [1.82, 2.24) is 29.7 Å². The highest BCUT2D eigenvalue weighted by Gasteiger charge is 2.50. The number of morpholine rings is 1. The SMILES string of the molecule is COc1nc(N2CCN(C(=O)/C=C/CN3CCOCC3)C3(COC3)C2)c2cnc(-c3cccc4ccc(F)c(F)c34)c(F)c2n1.FC1CC2CCCN2C1. The molecule has 0 saturated carbocycles. The molecule has 5 aliphatic rings. The number of carbonyl (C=O) groups excluding carboxylic acids is 1. The van der Waals surface area contributed by atoms with Crippen molar-refractivity contribution in [3.63, 3.8) is 0 Å². The first-order valence-electron chi connectivity index (χ1n) is 18.5. The van der Waals surface area contributed by atoms with Crippen molar-refractivity contribution in [1.29, 1.82) is 0 Å². The number of nitrogens with zero attached hydrogens (tertiary/aromatic N) is 7. The highest BCUT2D eigenvalue weighted by Crippen LogP contribution is 2.38. The van der Waals surface area contributed by atoms with E-state index in [1.807, 2.05) is 15.9 Å². The molecule has 0 bridgehead atoms. The molecule has 9 rings (SSSR count). The molecule has 2 aromatic heterocycles. The van der Waals surface area contributed by atoms with Crippen LogP contribution in [0.5, 0.6) is 6.01 Å². The summed E-state index contributed by atoms with van der Waals surface area (Å²) < 4.78 is 74.4. The number of alkyl halides is 1. The van der Waals surface area contributed by atoms with Crippen LogP contribution in [0.2, 0.25) is 0 Å². The van der Waals surface area contributed by atoms with Crippen molar-refractivity contribution in [3.8, 4) is 17.3 Å². The zero-order chi connectivity index (χ0) is 37.4. The molecule has 2 atom stereocenters. The fourth-order valence-corrected chi connectivity index (χ4v) is 8.34. The van der Waals surface area contributed by atoms with Gasteiger partial charge in [0, 0.05) is 75.1 Å². The van der Waals surface area contributed by atoms with Gasteiger partial charge in [0.25, 0.3) is 0 Å². The van der Waals surface area contributed by atoms with Crippen LogP contribution < -0.4 is 9.64 Å². The zero-order valence-corrected chi connectivity index (χ0v) is 30.2. The number of amides is 1. The number of fused-ring (bicyclic) bond motifs is 3. The lowest BCUT2D eigenvalue weighted by atomic mass is 9.91. The average molecular weight is 750 g/mol. The van der Waals surface area contributed by atoms with Crippen molar-refractivity contribution >= 4 is 33.4 Å². The minimum atomic E-state index is -1.08. The fraction of sp³-hybridized carbons (Fsp3) is 0.487. The molecule has 0 aliphatic carbocycles. The Kier molecular flexibility index (Phi) is 10.4. The number of rotatable bonds is 6. The zero-order valence-electron chi connectivity index (χ0n) is 30.2. The molecular formula is C39H43F4N7O4. The molecule has 0 radical (unpaired) electrons. The van der Waals surface area contributed by atoms with Crippen molar-refractivity contribution in [2.24, 2.45) is 0 Å². The molecule has 2 unspecified atom stereocenters. The van der Waals surface area contributed by atoms with E-state index in [9.17, 15) is 18.0 Å². The number of methoxy groups -OCH3 is 1. The molecule has 0 N–H and O–H groups in total. The van der Waals surface area contributed by atoms with Gasteiger partial charge in [-0.1, -0.05) is 30.3 Å². The summed E-state index contributed by atoms with van der Waals surface area (Å²) in [6.07, 6.45) is 7.76. The third-order valence-electron chi connectivity index (χ3n) is 11.2. The van der Waals surface area contributed by atoms with Gasteiger partial charge in [0.2, 0.25) is 5.91 Å². The standard InChI is InChI=1S/C32H31F3N6O4.C7H12FN/c1-43-31-37-29-22(16-36-28(27(29)35)21-5-2-4-20-7-8-23(33)26(34)25(20)21)30(38-31)40-10-11-41(32(17-40)18-45-19-32)24(42)6-3-9-39-12-14-44-15-13-39;8-6-4-7-2-1-3-9(7)5-6/h2-8,16H,9-15,17-19H2,1H3;6-7H,1-5H2/b6-3+;. The molecule has 5 aliphatic heterocycles. The summed E-state index contributed by atoms with van der Waals surface area (Å²) in [6.45, 7) is 7.48. The second-order valence-electron chi connectivity index (χ2n) is 14.5. The number of hydrogen-bond donors (Lipinski definition) is 0. The Morgan fingerprint density at radius 1 is 1.02 bits per heavy atom. The Balaban J connectivity index is 0.000000399. The van der Waals surface area contributed by atoms with Crippen LogP contribution in [0.1, 0.15) is 19.3 Å². The lowest BCUT2D eigenvalue weighted by Gasteiger charge is -2.55. The van der Waals surface area contributed by atoms with Gasteiger partial charge in [-0.15, -0.1) is 0 Å². The third kappa shape index (κ3) is 6.98. The van der Waals surface area contributed by atoms with E-state index in [2.05, 4.69) is 24.8 Å². The minimum Gasteiger partial charge on any atom is -0.467 e. The van der Waals surface area contributed by atoms with Crippen LogP contribution in [-0.4, -0.2) is 139 Å². The number of benzene rings is 2. The van der Waals surface area contributed by atoms with E-state index < -0.39 is 29.2 Å². The molecule has 5 fully saturated rings. The van der Waals surface area contributed by atoms with E-state index in [4.69, 9.17) is 14.2 Å². The lowest BCUT2D eigenvalue weighted by molar-refractivity contribution is -0.164. The molecule has 2 aromatic carbocycles. The number of pyridine rings is 1. The van der Waals surface area contributed by atoms with Crippen molar-refractivity contribution in [2.75, 3.05) is 90.8 Å². The monoisotopic (exact) mass is 749 g/mol. The predicted molar refractivity (Wildman–Crippen MR) is 195 cm³/mol. The highest BCUT2D eigenvalue weighted by atomic mass is 19.2.